The van der Waals surface area contributed by atoms with E-state index in [4.69, 9.17) is 0 Å². The van der Waals surface area contributed by atoms with Crippen LogP contribution in [-0.2, 0) is 11.3 Å². The van der Waals surface area contributed by atoms with Gasteiger partial charge in [0.2, 0.25) is 5.91 Å². The number of anilines is 1. The molecule has 2 aromatic rings. The van der Waals surface area contributed by atoms with E-state index >= 15 is 0 Å². The van der Waals surface area contributed by atoms with Crippen LogP contribution in [0.3, 0.4) is 0 Å². The monoisotopic (exact) mass is 360 g/mol. The number of nitrogens with one attached hydrogen (secondary N) is 2. The summed E-state index contributed by atoms with van der Waals surface area (Å²) in [4.78, 5) is 36.0. The molecule has 0 aliphatic carbocycles. The Morgan fingerprint density at radius 2 is 2.16 bits per heavy atom. The van der Waals surface area contributed by atoms with Crippen molar-refractivity contribution in [3.8, 4) is 0 Å². The van der Waals surface area contributed by atoms with E-state index in [9.17, 15) is 14.4 Å². The number of Topliss-reactive ketones (excluding diaryl/α,β-unsaturated/α-hetero) is 1. The number of aromatic nitrogens is 3. The van der Waals surface area contributed by atoms with Crippen molar-refractivity contribution in [3.05, 3.63) is 39.8 Å². The molecule has 1 atom stereocenters. The van der Waals surface area contributed by atoms with Crippen LogP contribution in [0.1, 0.15) is 48.5 Å². The highest BCUT2D eigenvalue weighted by Crippen LogP contribution is 2.33. The Hall–Kier alpha value is -2.35. The Kier molecular flexibility index (Phi) is 5.08. The van der Waals surface area contributed by atoms with Crippen molar-refractivity contribution < 1.29 is 9.59 Å². The van der Waals surface area contributed by atoms with Crippen molar-refractivity contribution in [2.75, 3.05) is 11.1 Å². The Labute approximate surface area is 149 Å². The van der Waals surface area contributed by atoms with Crippen molar-refractivity contribution in [1.29, 1.82) is 0 Å². The van der Waals surface area contributed by atoms with Crippen molar-refractivity contribution in [3.63, 3.8) is 0 Å². The van der Waals surface area contributed by atoms with E-state index in [1.165, 1.54) is 11.8 Å². The molecular weight excluding hydrogens is 340 g/mol. The van der Waals surface area contributed by atoms with Crippen LogP contribution in [0.15, 0.2) is 28.2 Å². The molecule has 1 aromatic heterocycles. The van der Waals surface area contributed by atoms with Crippen molar-refractivity contribution in [1.82, 2.24) is 14.8 Å². The van der Waals surface area contributed by atoms with Gasteiger partial charge in [0.05, 0.1) is 11.7 Å². The summed E-state index contributed by atoms with van der Waals surface area (Å²) < 4.78 is 1.56. The zero-order valence-electron chi connectivity index (χ0n) is 14.2. The molecule has 1 aromatic carbocycles. The minimum absolute atomic E-state index is 0.0505. The minimum Gasteiger partial charge on any atom is -0.325 e. The number of hydrogen-bond acceptors (Lipinski definition) is 5. The topological polar surface area (TPSA) is 96.8 Å². The number of ketones is 1. The van der Waals surface area contributed by atoms with Gasteiger partial charge in [0, 0.05) is 17.8 Å². The highest BCUT2D eigenvalue weighted by atomic mass is 32.2. The Bertz CT molecular complexity index is 871. The smallest absolute Gasteiger partial charge is 0.325 e. The number of benzene rings is 1. The third-order valence-corrected chi connectivity index (χ3v) is 5.26. The van der Waals surface area contributed by atoms with E-state index in [0.717, 1.165) is 24.1 Å². The SMILES string of the molecule is CCCCn1c(SCC(=O)c2ccc3c(c2)[C@H](C)C(=O)N3)n[nH]c1=O. The zero-order valence-corrected chi connectivity index (χ0v) is 15.0. The summed E-state index contributed by atoms with van der Waals surface area (Å²) in [5.41, 5.74) is 1.93. The molecule has 0 fully saturated rings. The number of nitrogens with zero attached hydrogens (tertiary/aromatic N) is 2. The van der Waals surface area contributed by atoms with Gasteiger partial charge < -0.3 is 5.32 Å². The summed E-state index contributed by atoms with van der Waals surface area (Å²) in [7, 11) is 0. The predicted octanol–water partition coefficient (Wildman–Crippen LogP) is 2.40. The van der Waals surface area contributed by atoms with Gasteiger partial charge in [0.15, 0.2) is 10.9 Å². The number of thioether (sulfide) groups is 1. The quantitative estimate of drug-likeness (QED) is 0.584. The number of amides is 1. The van der Waals surface area contributed by atoms with Gasteiger partial charge >= 0.3 is 5.69 Å². The lowest BCUT2D eigenvalue weighted by Gasteiger charge is -2.06. The third kappa shape index (κ3) is 3.53. The number of unbranched alkanes of at least 4 members (excludes halogenated alkanes) is 1. The second-order valence-electron chi connectivity index (χ2n) is 6.04. The zero-order chi connectivity index (χ0) is 18.0. The highest BCUT2D eigenvalue weighted by Gasteiger charge is 2.27. The fourth-order valence-corrected chi connectivity index (χ4v) is 3.60. The molecule has 2 N–H and O–H groups in total. The molecule has 2 heterocycles. The molecule has 8 heteroatoms. The van der Waals surface area contributed by atoms with Crippen LogP contribution in [0, 0.1) is 0 Å². The molecule has 1 aliphatic heterocycles. The third-order valence-electron chi connectivity index (χ3n) is 4.28. The maximum Gasteiger partial charge on any atom is 0.343 e. The first-order valence-electron chi connectivity index (χ1n) is 8.27. The molecule has 0 saturated carbocycles. The summed E-state index contributed by atoms with van der Waals surface area (Å²) >= 11 is 1.24. The number of carbonyl (C=O) groups is 2. The number of hydrogen-bond donors (Lipinski definition) is 2. The van der Waals surface area contributed by atoms with Crippen molar-refractivity contribution >= 4 is 29.1 Å². The molecule has 0 radical (unpaired) electrons. The molecule has 3 rings (SSSR count). The lowest BCUT2D eigenvalue weighted by atomic mass is 9.99. The molecule has 132 valence electrons. The Morgan fingerprint density at radius 1 is 1.36 bits per heavy atom. The molecule has 0 saturated heterocycles. The Balaban J connectivity index is 1.70. The first kappa shape index (κ1) is 17.5. The molecule has 0 bridgehead atoms. The average Bonchev–Trinajstić information content (AvgIpc) is 3.10. The van der Waals surface area contributed by atoms with Gasteiger partial charge in [-0.05, 0) is 37.1 Å². The first-order valence-corrected chi connectivity index (χ1v) is 9.25. The lowest BCUT2D eigenvalue weighted by Crippen LogP contribution is -2.18. The van der Waals surface area contributed by atoms with E-state index in [1.54, 1.807) is 22.8 Å². The molecule has 1 amide bonds. The second kappa shape index (κ2) is 7.26. The standard InChI is InChI=1S/C17H20N4O3S/c1-3-4-7-21-16(24)19-20-17(21)25-9-14(22)11-5-6-13-12(8-11)10(2)15(23)18-13/h5-6,8,10H,3-4,7,9H2,1-2H3,(H,18,23)(H,19,24)/t10-/m0/s1. The molecule has 1 aliphatic rings. The minimum atomic E-state index is -0.251. The van der Waals surface area contributed by atoms with E-state index in [2.05, 4.69) is 22.4 Å². The highest BCUT2D eigenvalue weighted by molar-refractivity contribution is 7.99. The van der Waals surface area contributed by atoms with E-state index in [0.29, 0.717) is 17.3 Å². The van der Waals surface area contributed by atoms with Crippen LogP contribution >= 0.6 is 11.8 Å². The van der Waals surface area contributed by atoms with Crippen molar-refractivity contribution in [2.45, 2.75) is 44.3 Å². The van der Waals surface area contributed by atoms with Crippen LogP contribution in [0.5, 0.6) is 0 Å². The fraction of sp³-hybridized carbons (Fsp3) is 0.412. The Morgan fingerprint density at radius 3 is 2.92 bits per heavy atom. The second-order valence-corrected chi connectivity index (χ2v) is 6.98. The van der Waals surface area contributed by atoms with Crippen LogP contribution in [-0.4, -0.2) is 32.2 Å². The fourth-order valence-electron chi connectivity index (χ4n) is 2.73. The molecule has 7 nitrogen and oxygen atoms in total. The van der Waals surface area contributed by atoms with Gasteiger partial charge in [-0.2, -0.15) is 0 Å². The summed E-state index contributed by atoms with van der Waals surface area (Å²) in [5, 5.41) is 9.75. The average molecular weight is 360 g/mol. The molecule has 25 heavy (non-hydrogen) atoms. The number of rotatable bonds is 7. The van der Waals surface area contributed by atoms with Gasteiger partial charge in [0.25, 0.3) is 0 Å². The van der Waals surface area contributed by atoms with Crippen LogP contribution in [0.2, 0.25) is 0 Å². The van der Waals surface area contributed by atoms with Gasteiger partial charge in [-0.1, -0.05) is 25.1 Å². The van der Waals surface area contributed by atoms with Crippen molar-refractivity contribution in [2.24, 2.45) is 0 Å². The van der Waals surface area contributed by atoms with Gasteiger partial charge in [-0.3, -0.25) is 14.2 Å². The van der Waals surface area contributed by atoms with Gasteiger partial charge in [-0.25, -0.2) is 9.89 Å². The van der Waals surface area contributed by atoms with Crippen LogP contribution in [0.4, 0.5) is 5.69 Å². The summed E-state index contributed by atoms with van der Waals surface area (Å²) in [5.74, 6) is -0.173. The summed E-state index contributed by atoms with van der Waals surface area (Å²) in [6, 6.07) is 5.25. The van der Waals surface area contributed by atoms with Crippen LogP contribution < -0.4 is 11.0 Å². The number of aromatic amines is 1. The van der Waals surface area contributed by atoms with Gasteiger partial charge in [0.1, 0.15) is 0 Å². The maximum atomic E-state index is 12.5. The lowest BCUT2D eigenvalue weighted by molar-refractivity contribution is -0.116. The van der Waals surface area contributed by atoms with E-state index in [1.807, 2.05) is 6.92 Å². The summed E-state index contributed by atoms with van der Waals surface area (Å²) in [6.07, 6.45) is 1.85. The molecule has 0 unspecified atom stereocenters. The molecule has 0 spiro atoms. The number of fused-ring (bicyclic) bond motifs is 1. The van der Waals surface area contributed by atoms with E-state index < -0.39 is 0 Å². The predicted molar refractivity (Wildman–Crippen MR) is 96.3 cm³/mol. The largest absolute Gasteiger partial charge is 0.343 e. The normalized spacial score (nSPS) is 15.9. The van der Waals surface area contributed by atoms with E-state index in [-0.39, 0.29) is 29.1 Å². The first-order chi connectivity index (χ1) is 12.0. The van der Waals surface area contributed by atoms with Crippen LogP contribution in [0.25, 0.3) is 0 Å². The number of H-pyrrole nitrogens is 1. The maximum absolute atomic E-state index is 12.5. The molecular formula is C17H20N4O3S. The summed E-state index contributed by atoms with van der Waals surface area (Å²) in [6.45, 7) is 4.46. The number of carbonyl (C=O) groups excluding carboxylic acids is 2. The van der Waals surface area contributed by atoms with Gasteiger partial charge in [-0.15, -0.1) is 5.10 Å².